The molecule has 0 bridgehead atoms. The van der Waals surface area contributed by atoms with Crippen LogP contribution < -0.4 is 5.32 Å². The lowest BCUT2D eigenvalue weighted by molar-refractivity contribution is 0.185. The van der Waals surface area contributed by atoms with Crippen LogP contribution in [-0.4, -0.2) is 30.6 Å². The van der Waals surface area contributed by atoms with Gasteiger partial charge >= 0.3 is 0 Å². The summed E-state index contributed by atoms with van der Waals surface area (Å²) in [7, 11) is 0. The fourth-order valence-corrected chi connectivity index (χ4v) is 3.10. The molecule has 108 valence electrons. The molecule has 2 nitrogen and oxygen atoms in total. The van der Waals surface area contributed by atoms with Crippen LogP contribution in [0.5, 0.6) is 0 Å². The Hall–Kier alpha value is -1.30. The van der Waals surface area contributed by atoms with Gasteiger partial charge in [-0.05, 0) is 31.9 Å². The van der Waals surface area contributed by atoms with Crippen molar-refractivity contribution < 1.29 is 0 Å². The van der Waals surface area contributed by atoms with Gasteiger partial charge in [0.15, 0.2) is 0 Å². The van der Waals surface area contributed by atoms with Gasteiger partial charge in [0.2, 0.25) is 0 Å². The van der Waals surface area contributed by atoms with Crippen LogP contribution in [-0.2, 0) is 5.54 Å². The van der Waals surface area contributed by atoms with E-state index in [1.807, 2.05) is 0 Å². The molecule has 0 aromatic heterocycles. The van der Waals surface area contributed by atoms with E-state index < -0.39 is 0 Å². The van der Waals surface area contributed by atoms with Crippen molar-refractivity contribution >= 4 is 0 Å². The maximum absolute atomic E-state index is 5.76. The van der Waals surface area contributed by atoms with Crippen LogP contribution in [0.2, 0.25) is 0 Å². The molecular formula is C18H26N2. The molecule has 1 aromatic rings. The molecule has 1 aliphatic rings. The van der Waals surface area contributed by atoms with E-state index >= 15 is 0 Å². The predicted molar refractivity (Wildman–Crippen MR) is 85.5 cm³/mol. The highest BCUT2D eigenvalue weighted by Crippen LogP contribution is 2.25. The molecule has 0 spiro atoms. The number of nitrogens with zero attached hydrogens (tertiary/aromatic N) is 1. The summed E-state index contributed by atoms with van der Waals surface area (Å²) in [4.78, 5) is 2.48. The van der Waals surface area contributed by atoms with E-state index in [9.17, 15) is 0 Å². The van der Waals surface area contributed by atoms with Gasteiger partial charge in [-0.3, -0.25) is 4.90 Å². The van der Waals surface area contributed by atoms with E-state index in [4.69, 9.17) is 6.42 Å². The summed E-state index contributed by atoms with van der Waals surface area (Å²) in [6.45, 7) is 7.61. The maximum atomic E-state index is 5.76. The van der Waals surface area contributed by atoms with Gasteiger partial charge in [-0.15, -0.1) is 6.42 Å². The highest BCUT2D eigenvalue weighted by Gasteiger charge is 2.32. The standard InChI is InChI=1S/C18H26N2/c1-4-10-17(5-2)20-14-9-13-19-18(3,15-20)16-11-7-6-8-12-16/h2,6-8,11-12,17,19H,4,9-10,13-15H2,1,3H3. The van der Waals surface area contributed by atoms with E-state index in [0.29, 0.717) is 0 Å². The Morgan fingerprint density at radius 1 is 1.40 bits per heavy atom. The fourth-order valence-electron chi connectivity index (χ4n) is 3.10. The van der Waals surface area contributed by atoms with E-state index in [-0.39, 0.29) is 11.6 Å². The highest BCUT2D eigenvalue weighted by molar-refractivity contribution is 5.25. The van der Waals surface area contributed by atoms with Crippen molar-refractivity contribution in [3.63, 3.8) is 0 Å². The molecule has 2 atom stereocenters. The first-order chi connectivity index (χ1) is 9.69. The Kier molecular flexibility index (Phi) is 5.23. The lowest BCUT2D eigenvalue weighted by Gasteiger charge is -2.36. The quantitative estimate of drug-likeness (QED) is 0.846. The van der Waals surface area contributed by atoms with E-state index in [2.05, 4.69) is 60.3 Å². The van der Waals surface area contributed by atoms with Crippen LogP contribution in [0.1, 0.15) is 38.7 Å². The van der Waals surface area contributed by atoms with E-state index in [1.165, 1.54) is 5.56 Å². The molecule has 1 saturated heterocycles. The number of nitrogens with one attached hydrogen (secondary N) is 1. The molecular weight excluding hydrogens is 244 g/mol. The second-order valence-electron chi connectivity index (χ2n) is 5.92. The van der Waals surface area contributed by atoms with Gasteiger partial charge in [0.1, 0.15) is 0 Å². The summed E-state index contributed by atoms with van der Waals surface area (Å²) in [6, 6.07) is 11.0. The zero-order chi connectivity index (χ0) is 14.4. The topological polar surface area (TPSA) is 15.3 Å². The van der Waals surface area contributed by atoms with Gasteiger partial charge < -0.3 is 5.32 Å². The van der Waals surface area contributed by atoms with Crippen molar-refractivity contribution in [1.29, 1.82) is 0 Å². The van der Waals surface area contributed by atoms with Crippen LogP contribution in [0.4, 0.5) is 0 Å². The molecule has 20 heavy (non-hydrogen) atoms. The molecule has 0 amide bonds. The first-order valence-corrected chi connectivity index (χ1v) is 7.70. The van der Waals surface area contributed by atoms with Crippen molar-refractivity contribution in [3.05, 3.63) is 35.9 Å². The minimum absolute atomic E-state index is 0.0133. The molecule has 2 heteroatoms. The van der Waals surface area contributed by atoms with Crippen LogP contribution in [0.3, 0.4) is 0 Å². The molecule has 0 saturated carbocycles. The Labute approximate surface area is 123 Å². The summed E-state index contributed by atoms with van der Waals surface area (Å²) in [5.41, 5.74) is 1.33. The number of terminal acetylenes is 1. The number of hydrogen-bond donors (Lipinski definition) is 1. The summed E-state index contributed by atoms with van der Waals surface area (Å²) in [6.07, 6.45) is 9.14. The second kappa shape index (κ2) is 6.92. The van der Waals surface area contributed by atoms with Gasteiger partial charge in [-0.1, -0.05) is 49.6 Å². The second-order valence-corrected chi connectivity index (χ2v) is 5.92. The third-order valence-corrected chi connectivity index (χ3v) is 4.26. The summed E-state index contributed by atoms with van der Waals surface area (Å²) < 4.78 is 0. The van der Waals surface area contributed by atoms with Crippen molar-refractivity contribution in [2.75, 3.05) is 19.6 Å². The van der Waals surface area contributed by atoms with Crippen molar-refractivity contribution in [2.24, 2.45) is 0 Å². The third-order valence-electron chi connectivity index (χ3n) is 4.26. The Morgan fingerprint density at radius 3 is 2.80 bits per heavy atom. The monoisotopic (exact) mass is 270 g/mol. The Morgan fingerprint density at radius 2 is 2.15 bits per heavy atom. The summed E-state index contributed by atoms with van der Waals surface area (Å²) in [5, 5.41) is 3.72. The third kappa shape index (κ3) is 3.42. The molecule has 1 aliphatic heterocycles. The van der Waals surface area contributed by atoms with Crippen molar-refractivity contribution in [3.8, 4) is 12.3 Å². The number of benzene rings is 1. The van der Waals surface area contributed by atoms with Gasteiger partial charge in [0.25, 0.3) is 0 Å². The van der Waals surface area contributed by atoms with Crippen molar-refractivity contribution in [1.82, 2.24) is 10.2 Å². The van der Waals surface area contributed by atoms with Gasteiger partial charge in [-0.25, -0.2) is 0 Å². The minimum atomic E-state index is -0.0133. The number of rotatable bonds is 4. The average molecular weight is 270 g/mol. The first-order valence-electron chi connectivity index (χ1n) is 7.70. The summed E-state index contributed by atoms with van der Waals surface area (Å²) >= 11 is 0. The van der Waals surface area contributed by atoms with Crippen LogP contribution in [0.15, 0.2) is 30.3 Å². The lowest BCUT2D eigenvalue weighted by atomic mass is 9.91. The molecule has 2 unspecified atom stereocenters. The fraction of sp³-hybridized carbons (Fsp3) is 0.556. The highest BCUT2D eigenvalue weighted by atomic mass is 15.2. The molecule has 1 N–H and O–H groups in total. The smallest absolute Gasteiger partial charge is 0.0712 e. The van der Waals surface area contributed by atoms with Crippen LogP contribution >= 0.6 is 0 Å². The van der Waals surface area contributed by atoms with E-state index in [0.717, 1.165) is 38.9 Å². The van der Waals surface area contributed by atoms with Crippen LogP contribution in [0, 0.1) is 12.3 Å². The van der Waals surface area contributed by atoms with Gasteiger partial charge in [-0.2, -0.15) is 0 Å². The van der Waals surface area contributed by atoms with Crippen molar-refractivity contribution in [2.45, 2.75) is 44.7 Å². The molecule has 2 rings (SSSR count). The van der Waals surface area contributed by atoms with Crippen LogP contribution in [0.25, 0.3) is 0 Å². The maximum Gasteiger partial charge on any atom is 0.0712 e. The molecule has 1 aromatic carbocycles. The van der Waals surface area contributed by atoms with Gasteiger partial charge in [0, 0.05) is 13.1 Å². The first kappa shape index (κ1) is 15.1. The minimum Gasteiger partial charge on any atom is -0.306 e. The molecule has 0 radical (unpaired) electrons. The molecule has 1 fully saturated rings. The van der Waals surface area contributed by atoms with Gasteiger partial charge in [0.05, 0.1) is 11.6 Å². The largest absolute Gasteiger partial charge is 0.306 e. The Balaban J connectivity index is 2.20. The predicted octanol–water partition coefficient (Wildman–Crippen LogP) is 3.00. The van der Waals surface area contributed by atoms with E-state index in [1.54, 1.807) is 0 Å². The zero-order valence-electron chi connectivity index (χ0n) is 12.7. The Bertz CT molecular complexity index is 448. The lowest BCUT2D eigenvalue weighted by Crippen LogP contribution is -2.48. The number of hydrogen-bond acceptors (Lipinski definition) is 2. The molecule has 0 aliphatic carbocycles. The average Bonchev–Trinajstić information content (AvgIpc) is 2.68. The SMILES string of the molecule is C#CC(CCC)N1CCCNC(C)(c2ccccc2)C1. The normalized spacial score (nSPS) is 25.6. The zero-order valence-corrected chi connectivity index (χ0v) is 12.7. The summed E-state index contributed by atoms with van der Waals surface area (Å²) in [5.74, 6) is 2.99. The molecule has 1 heterocycles.